The van der Waals surface area contributed by atoms with Crippen molar-refractivity contribution in [3.8, 4) is 0 Å². The summed E-state index contributed by atoms with van der Waals surface area (Å²) in [6, 6.07) is 0. The number of allylic oxidation sites excluding steroid dienone is 16. The summed E-state index contributed by atoms with van der Waals surface area (Å²) in [4.78, 5) is 38.1. The Labute approximate surface area is 483 Å². The fourth-order valence-electron chi connectivity index (χ4n) is 9.43. The van der Waals surface area contributed by atoms with Gasteiger partial charge >= 0.3 is 17.9 Å². The predicted molar refractivity (Wildman–Crippen MR) is 339 cm³/mol. The van der Waals surface area contributed by atoms with Gasteiger partial charge in [0.2, 0.25) is 0 Å². The topological polar surface area (TPSA) is 78.9 Å². The lowest BCUT2D eigenvalue weighted by Crippen LogP contribution is -2.30. The third-order valence-electron chi connectivity index (χ3n) is 14.3. The molecule has 0 rings (SSSR count). The van der Waals surface area contributed by atoms with Gasteiger partial charge in [-0.25, -0.2) is 0 Å². The van der Waals surface area contributed by atoms with E-state index in [1.165, 1.54) is 173 Å². The van der Waals surface area contributed by atoms with Crippen molar-refractivity contribution in [2.24, 2.45) is 0 Å². The van der Waals surface area contributed by atoms with Crippen LogP contribution in [0.25, 0.3) is 0 Å². The van der Waals surface area contributed by atoms with Crippen molar-refractivity contribution in [3.63, 3.8) is 0 Å². The Morgan fingerprint density at radius 3 is 0.782 bits per heavy atom. The van der Waals surface area contributed by atoms with Crippen LogP contribution in [0.15, 0.2) is 97.2 Å². The Bertz CT molecular complexity index is 1530. The summed E-state index contributed by atoms with van der Waals surface area (Å²) in [6.07, 6.45) is 88.9. The van der Waals surface area contributed by atoms with Crippen molar-refractivity contribution in [2.45, 2.75) is 329 Å². The SMILES string of the molecule is CC/C=C\C/C=C\C/C=C\C/C=C\CCCCCCCCCCCCCCCCCCCCC(=O)OCC(COC(=O)CCCCCCCC)OC(=O)CCCCCCCCCCCC/C=C\C/C=C\C/C=C\C/C=C\CC. The summed E-state index contributed by atoms with van der Waals surface area (Å²) in [5.41, 5.74) is 0. The molecule has 1 unspecified atom stereocenters. The lowest BCUT2D eigenvalue weighted by atomic mass is 10.0. The molecule has 0 spiro atoms. The fraction of sp³-hybridized carbons (Fsp3) is 0.736. The molecule has 0 aromatic carbocycles. The highest BCUT2D eigenvalue weighted by Gasteiger charge is 2.19. The molecule has 0 fully saturated rings. The third-order valence-corrected chi connectivity index (χ3v) is 14.3. The van der Waals surface area contributed by atoms with Crippen molar-refractivity contribution in [1.29, 1.82) is 0 Å². The maximum atomic E-state index is 12.9. The molecule has 0 aliphatic carbocycles. The predicted octanol–water partition coefficient (Wildman–Crippen LogP) is 22.8. The summed E-state index contributed by atoms with van der Waals surface area (Å²) in [7, 11) is 0. The number of carbonyl (C=O) groups is 3. The minimum absolute atomic E-state index is 0.0755. The minimum Gasteiger partial charge on any atom is -0.462 e. The van der Waals surface area contributed by atoms with Crippen LogP contribution in [0.3, 0.4) is 0 Å². The summed E-state index contributed by atoms with van der Waals surface area (Å²) in [6.45, 7) is 6.38. The van der Waals surface area contributed by atoms with Gasteiger partial charge in [-0.05, 0) is 96.3 Å². The molecule has 0 bridgehead atoms. The van der Waals surface area contributed by atoms with Crippen LogP contribution in [0.5, 0.6) is 0 Å². The van der Waals surface area contributed by atoms with E-state index in [0.717, 1.165) is 109 Å². The van der Waals surface area contributed by atoms with Gasteiger partial charge in [-0.15, -0.1) is 0 Å². The highest BCUT2D eigenvalue weighted by atomic mass is 16.6. The number of hydrogen-bond donors (Lipinski definition) is 0. The molecule has 6 heteroatoms. The Balaban J connectivity index is 4.02. The van der Waals surface area contributed by atoms with Crippen LogP contribution in [0.2, 0.25) is 0 Å². The van der Waals surface area contributed by atoms with E-state index >= 15 is 0 Å². The van der Waals surface area contributed by atoms with Gasteiger partial charge in [-0.3, -0.25) is 14.4 Å². The lowest BCUT2D eigenvalue weighted by Gasteiger charge is -2.18. The molecular formula is C72H124O6. The average molecular weight is 1090 g/mol. The molecule has 6 nitrogen and oxygen atoms in total. The highest BCUT2D eigenvalue weighted by Crippen LogP contribution is 2.17. The molecule has 0 aliphatic rings. The van der Waals surface area contributed by atoms with E-state index in [2.05, 4.69) is 118 Å². The lowest BCUT2D eigenvalue weighted by molar-refractivity contribution is -0.167. The van der Waals surface area contributed by atoms with Gasteiger partial charge in [-0.2, -0.15) is 0 Å². The zero-order valence-electron chi connectivity index (χ0n) is 51.4. The smallest absolute Gasteiger partial charge is 0.306 e. The Morgan fingerprint density at radius 2 is 0.500 bits per heavy atom. The molecule has 1 atom stereocenters. The van der Waals surface area contributed by atoms with E-state index in [1.807, 2.05) is 0 Å². The molecule has 0 N–H and O–H groups in total. The standard InChI is InChI=1S/C72H124O6/c1-4-7-10-13-16-18-20-22-24-26-28-30-32-33-34-35-36-37-38-39-41-42-44-46-48-50-52-54-56-59-62-65-71(74)77-68-69(67-76-70(73)64-61-58-15-12-9-6-3)78-72(75)66-63-60-57-55-53-51-49-47-45-43-40-31-29-27-25-23-21-19-17-14-11-8-5-2/h7-8,10-11,16-19,22-25,28-31,69H,4-6,9,12-15,20-21,26-27,32-68H2,1-3H3/b10-7-,11-8-,18-16-,19-17-,24-22-,25-23-,30-28-,31-29-. The molecule has 0 saturated heterocycles. The highest BCUT2D eigenvalue weighted by molar-refractivity contribution is 5.71. The average Bonchev–Trinajstić information content (AvgIpc) is 3.44. The first-order chi connectivity index (χ1) is 38.5. The van der Waals surface area contributed by atoms with Gasteiger partial charge in [0.15, 0.2) is 6.10 Å². The minimum atomic E-state index is -0.776. The van der Waals surface area contributed by atoms with Gasteiger partial charge in [-0.1, -0.05) is 304 Å². The first kappa shape index (κ1) is 74.3. The van der Waals surface area contributed by atoms with Gasteiger partial charge in [0.1, 0.15) is 13.2 Å². The molecule has 0 heterocycles. The van der Waals surface area contributed by atoms with E-state index in [0.29, 0.717) is 19.3 Å². The number of carbonyl (C=O) groups excluding carboxylic acids is 3. The monoisotopic (exact) mass is 1080 g/mol. The van der Waals surface area contributed by atoms with E-state index in [-0.39, 0.29) is 31.1 Å². The van der Waals surface area contributed by atoms with Crippen LogP contribution >= 0.6 is 0 Å². The van der Waals surface area contributed by atoms with Crippen LogP contribution in [0.1, 0.15) is 323 Å². The van der Waals surface area contributed by atoms with Gasteiger partial charge < -0.3 is 14.2 Å². The van der Waals surface area contributed by atoms with E-state index in [1.54, 1.807) is 0 Å². The zero-order chi connectivity index (χ0) is 56.4. The van der Waals surface area contributed by atoms with Crippen LogP contribution in [0.4, 0.5) is 0 Å². The molecule has 0 aromatic rings. The molecule has 0 amide bonds. The number of esters is 3. The Kier molecular flexibility index (Phi) is 62.7. The van der Waals surface area contributed by atoms with Crippen LogP contribution in [0, 0.1) is 0 Å². The maximum absolute atomic E-state index is 12.9. The summed E-state index contributed by atoms with van der Waals surface area (Å²) < 4.78 is 16.8. The number of unbranched alkanes of at least 4 members (excludes halogenated alkanes) is 33. The molecule has 0 aliphatic heterocycles. The first-order valence-corrected chi connectivity index (χ1v) is 33.2. The van der Waals surface area contributed by atoms with Gasteiger partial charge in [0, 0.05) is 19.3 Å². The third kappa shape index (κ3) is 63.2. The second-order valence-corrected chi connectivity index (χ2v) is 22.0. The van der Waals surface area contributed by atoms with Crippen molar-refractivity contribution < 1.29 is 28.6 Å². The second kappa shape index (κ2) is 65.8. The second-order valence-electron chi connectivity index (χ2n) is 22.0. The summed E-state index contributed by atoms with van der Waals surface area (Å²) >= 11 is 0. The van der Waals surface area contributed by atoms with Crippen molar-refractivity contribution in [3.05, 3.63) is 97.2 Å². The van der Waals surface area contributed by atoms with Crippen LogP contribution in [-0.4, -0.2) is 37.2 Å². The van der Waals surface area contributed by atoms with E-state index in [9.17, 15) is 14.4 Å². The van der Waals surface area contributed by atoms with Crippen molar-refractivity contribution in [1.82, 2.24) is 0 Å². The Morgan fingerprint density at radius 1 is 0.269 bits per heavy atom. The number of hydrogen-bond acceptors (Lipinski definition) is 6. The molecule has 0 radical (unpaired) electrons. The quantitative estimate of drug-likeness (QED) is 0.0261. The van der Waals surface area contributed by atoms with E-state index < -0.39 is 6.10 Å². The van der Waals surface area contributed by atoms with Crippen LogP contribution in [-0.2, 0) is 28.6 Å². The molecule has 0 saturated carbocycles. The molecule has 78 heavy (non-hydrogen) atoms. The summed E-state index contributed by atoms with van der Waals surface area (Å²) in [5.74, 6) is -0.877. The van der Waals surface area contributed by atoms with Gasteiger partial charge in [0.05, 0.1) is 0 Å². The fourth-order valence-corrected chi connectivity index (χ4v) is 9.43. The maximum Gasteiger partial charge on any atom is 0.306 e. The number of rotatable bonds is 60. The molecular weight excluding hydrogens is 961 g/mol. The first-order valence-electron chi connectivity index (χ1n) is 33.2. The normalized spacial score (nSPS) is 12.7. The van der Waals surface area contributed by atoms with E-state index in [4.69, 9.17) is 14.2 Å². The summed E-state index contributed by atoms with van der Waals surface area (Å²) in [5, 5.41) is 0. The largest absolute Gasteiger partial charge is 0.462 e. The zero-order valence-corrected chi connectivity index (χ0v) is 51.4. The van der Waals surface area contributed by atoms with Crippen molar-refractivity contribution in [2.75, 3.05) is 13.2 Å². The molecule has 448 valence electrons. The van der Waals surface area contributed by atoms with Gasteiger partial charge in [0.25, 0.3) is 0 Å². The number of ether oxygens (including phenoxy) is 3. The molecule has 0 aromatic heterocycles. The van der Waals surface area contributed by atoms with Crippen LogP contribution < -0.4 is 0 Å². The Hall–Kier alpha value is -3.67. The van der Waals surface area contributed by atoms with Crippen molar-refractivity contribution >= 4 is 17.9 Å².